The van der Waals surface area contributed by atoms with Crippen LogP contribution in [0.2, 0.25) is 5.15 Å². The highest BCUT2D eigenvalue weighted by Crippen LogP contribution is 2.38. The third kappa shape index (κ3) is 4.83. The summed E-state index contributed by atoms with van der Waals surface area (Å²) < 4.78 is 53.4. The number of hydrogen-bond acceptors (Lipinski definition) is 6. The van der Waals surface area contributed by atoms with Crippen molar-refractivity contribution in [1.29, 1.82) is 0 Å². The number of carbonyl (C=O) groups is 1. The smallest absolute Gasteiger partial charge is 0.310 e. The largest absolute Gasteiger partial charge is 0.466 e. The molecule has 7 nitrogen and oxygen atoms in total. The molecule has 1 fully saturated rings. The lowest BCUT2D eigenvalue weighted by atomic mass is 10.1. The lowest BCUT2D eigenvalue weighted by molar-refractivity contribution is -0.142. The number of pyridine rings is 1. The molecule has 2 aromatic heterocycles. The van der Waals surface area contributed by atoms with E-state index < -0.39 is 15.8 Å². The van der Waals surface area contributed by atoms with E-state index in [1.165, 1.54) is 22.1 Å². The van der Waals surface area contributed by atoms with Gasteiger partial charge < -0.3 is 9.47 Å². The Morgan fingerprint density at radius 1 is 1.18 bits per heavy atom. The average Bonchev–Trinajstić information content (AvgIpc) is 3.08. The number of rotatable bonds is 7. The van der Waals surface area contributed by atoms with E-state index in [0.717, 1.165) is 10.5 Å². The van der Waals surface area contributed by atoms with Crippen LogP contribution in [0.15, 0.2) is 51.2 Å². The monoisotopic (exact) mass is 526 g/mol. The highest BCUT2D eigenvalue weighted by molar-refractivity contribution is 7.99. The number of nitrogens with zero attached hydrogens (tertiary/aromatic N) is 2. The van der Waals surface area contributed by atoms with Crippen LogP contribution in [0, 0.1) is 12.7 Å². The molecule has 4 rings (SSSR count). The molecule has 3 aromatic rings. The molecule has 1 aliphatic rings. The summed E-state index contributed by atoms with van der Waals surface area (Å²) in [6.07, 6.45) is 0.0302. The van der Waals surface area contributed by atoms with Crippen molar-refractivity contribution in [3.05, 3.63) is 58.5 Å². The second-order valence-corrected chi connectivity index (χ2v) is 11.0. The molecule has 11 heteroatoms. The van der Waals surface area contributed by atoms with E-state index in [0.29, 0.717) is 42.4 Å². The molecule has 3 heterocycles. The Hall–Kier alpha value is -2.11. The Labute approximate surface area is 206 Å². The summed E-state index contributed by atoms with van der Waals surface area (Å²) in [7, 11) is -3.60. The van der Waals surface area contributed by atoms with E-state index in [1.54, 1.807) is 41.7 Å². The van der Waals surface area contributed by atoms with Gasteiger partial charge in [-0.05, 0) is 61.4 Å². The number of carbonyl (C=O) groups excluding carboxylic acids is 1. The van der Waals surface area contributed by atoms with Gasteiger partial charge in [0.25, 0.3) is 0 Å². The zero-order chi connectivity index (χ0) is 24.5. The SMILES string of the molecule is CCOC(=O)Cc1c(C)c(Sc2ccc(S(=O)(=O)N3CCOCC3)cc2)n2c(Cl)c(F)ccc12. The van der Waals surface area contributed by atoms with Crippen molar-refractivity contribution in [2.24, 2.45) is 0 Å². The Bertz CT molecular complexity index is 1320. The van der Waals surface area contributed by atoms with Gasteiger partial charge in [-0.1, -0.05) is 23.4 Å². The van der Waals surface area contributed by atoms with E-state index >= 15 is 0 Å². The van der Waals surface area contributed by atoms with Gasteiger partial charge in [0.05, 0.1) is 41.7 Å². The summed E-state index contributed by atoms with van der Waals surface area (Å²) in [5.41, 5.74) is 2.09. The van der Waals surface area contributed by atoms with Crippen LogP contribution in [0.25, 0.3) is 5.52 Å². The van der Waals surface area contributed by atoms with Gasteiger partial charge in [0.1, 0.15) is 0 Å². The molecule has 0 N–H and O–H groups in total. The van der Waals surface area contributed by atoms with Crippen molar-refractivity contribution in [1.82, 2.24) is 8.71 Å². The highest BCUT2D eigenvalue weighted by Gasteiger charge is 2.26. The number of sulfonamides is 1. The van der Waals surface area contributed by atoms with Crippen molar-refractivity contribution in [2.75, 3.05) is 32.9 Å². The molecule has 0 bridgehead atoms. The van der Waals surface area contributed by atoms with Crippen LogP contribution in [0.1, 0.15) is 18.1 Å². The van der Waals surface area contributed by atoms with Gasteiger partial charge in [-0.3, -0.25) is 9.20 Å². The van der Waals surface area contributed by atoms with Gasteiger partial charge in [-0.15, -0.1) is 0 Å². The highest BCUT2D eigenvalue weighted by atomic mass is 35.5. The third-order valence-electron chi connectivity index (χ3n) is 5.58. The topological polar surface area (TPSA) is 77.3 Å². The second-order valence-electron chi connectivity index (χ2n) is 7.67. The Balaban J connectivity index is 1.68. The van der Waals surface area contributed by atoms with Crippen molar-refractivity contribution in [2.45, 2.75) is 35.1 Å². The number of hydrogen-bond donors (Lipinski definition) is 0. The molecule has 182 valence electrons. The Morgan fingerprint density at radius 2 is 1.85 bits per heavy atom. The molecule has 0 atom stereocenters. The van der Waals surface area contributed by atoms with E-state index in [9.17, 15) is 17.6 Å². The predicted octanol–water partition coefficient (Wildman–Crippen LogP) is 4.32. The molecule has 0 amide bonds. The standard InChI is InChI=1S/C23H24ClFN2O5S2/c1-3-32-21(28)14-18-15(2)23(27-20(18)9-8-19(25)22(27)24)33-16-4-6-17(7-5-16)34(29,30)26-10-12-31-13-11-26/h4-9H,3,10-14H2,1-2H3. The fraction of sp³-hybridized carbons (Fsp3) is 0.348. The van der Waals surface area contributed by atoms with E-state index in [-0.39, 0.29) is 29.0 Å². The minimum Gasteiger partial charge on any atom is -0.466 e. The summed E-state index contributed by atoms with van der Waals surface area (Å²) in [4.78, 5) is 13.1. The fourth-order valence-electron chi connectivity index (χ4n) is 3.86. The molecule has 0 radical (unpaired) electrons. The van der Waals surface area contributed by atoms with Gasteiger partial charge in [0.2, 0.25) is 10.0 Å². The van der Waals surface area contributed by atoms with Crippen LogP contribution in [0.4, 0.5) is 4.39 Å². The minimum absolute atomic E-state index is 0.0302. The maximum Gasteiger partial charge on any atom is 0.310 e. The zero-order valence-corrected chi connectivity index (χ0v) is 21.1. The predicted molar refractivity (Wildman–Crippen MR) is 128 cm³/mol. The Kier molecular flexibility index (Phi) is 7.54. The molecule has 0 spiro atoms. The first kappa shape index (κ1) is 25.0. The minimum atomic E-state index is -3.60. The van der Waals surface area contributed by atoms with Crippen LogP contribution in [0.3, 0.4) is 0 Å². The molecule has 1 aromatic carbocycles. The first-order chi connectivity index (χ1) is 16.2. The molecular weight excluding hydrogens is 503 g/mol. The summed E-state index contributed by atoms with van der Waals surface area (Å²) in [5, 5.41) is 0.548. The van der Waals surface area contributed by atoms with Crippen LogP contribution in [0.5, 0.6) is 0 Å². The maximum atomic E-state index is 14.3. The number of aromatic nitrogens is 1. The maximum absolute atomic E-state index is 14.3. The van der Waals surface area contributed by atoms with E-state index in [1.807, 2.05) is 6.92 Å². The van der Waals surface area contributed by atoms with Crippen LogP contribution < -0.4 is 0 Å². The summed E-state index contributed by atoms with van der Waals surface area (Å²) >= 11 is 7.63. The average molecular weight is 527 g/mol. The number of morpholine rings is 1. The quantitative estimate of drug-likeness (QED) is 0.337. The molecule has 0 saturated carbocycles. The fourth-order valence-corrected chi connectivity index (χ4v) is 6.61. The lowest BCUT2D eigenvalue weighted by Gasteiger charge is -2.26. The van der Waals surface area contributed by atoms with Crippen LogP contribution >= 0.6 is 23.4 Å². The number of halogens is 2. The number of esters is 1. The van der Waals surface area contributed by atoms with Gasteiger partial charge in [-0.2, -0.15) is 4.31 Å². The second kappa shape index (κ2) is 10.2. The van der Waals surface area contributed by atoms with Gasteiger partial charge in [-0.25, -0.2) is 12.8 Å². The molecule has 34 heavy (non-hydrogen) atoms. The summed E-state index contributed by atoms with van der Waals surface area (Å²) in [6, 6.07) is 9.38. The van der Waals surface area contributed by atoms with Gasteiger partial charge in [0.15, 0.2) is 11.0 Å². The zero-order valence-electron chi connectivity index (χ0n) is 18.7. The van der Waals surface area contributed by atoms with Crippen LogP contribution in [-0.2, 0) is 30.7 Å². The van der Waals surface area contributed by atoms with E-state index in [4.69, 9.17) is 21.1 Å². The molecule has 1 aliphatic heterocycles. The molecular formula is C23H24ClFN2O5S2. The van der Waals surface area contributed by atoms with Crippen molar-refractivity contribution < 1.29 is 27.1 Å². The molecule has 0 unspecified atom stereocenters. The van der Waals surface area contributed by atoms with Crippen molar-refractivity contribution in [3.63, 3.8) is 0 Å². The Morgan fingerprint density at radius 3 is 2.50 bits per heavy atom. The normalized spacial score (nSPS) is 15.1. The van der Waals surface area contributed by atoms with Crippen LogP contribution in [-0.4, -0.2) is 56.0 Å². The summed E-state index contributed by atoms with van der Waals surface area (Å²) in [6.45, 7) is 5.23. The van der Waals surface area contributed by atoms with Crippen molar-refractivity contribution in [3.8, 4) is 0 Å². The van der Waals surface area contributed by atoms with E-state index in [2.05, 4.69) is 0 Å². The molecule has 0 aliphatic carbocycles. The lowest BCUT2D eigenvalue weighted by Crippen LogP contribution is -2.40. The molecule has 1 saturated heterocycles. The van der Waals surface area contributed by atoms with Crippen molar-refractivity contribution >= 4 is 44.9 Å². The third-order valence-corrected chi connectivity index (χ3v) is 9.03. The van der Waals surface area contributed by atoms with Gasteiger partial charge >= 0.3 is 5.97 Å². The summed E-state index contributed by atoms with van der Waals surface area (Å²) in [5.74, 6) is -0.964. The first-order valence-corrected chi connectivity index (χ1v) is 13.4. The first-order valence-electron chi connectivity index (χ1n) is 10.7. The van der Waals surface area contributed by atoms with Gasteiger partial charge in [0, 0.05) is 18.0 Å². The number of benzene rings is 1. The number of fused-ring (bicyclic) bond motifs is 1. The number of ether oxygens (including phenoxy) is 2.